The van der Waals surface area contributed by atoms with Gasteiger partial charge in [-0.2, -0.15) is 4.31 Å². The van der Waals surface area contributed by atoms with E-state index in [1.54, 1.807) is 29.6 Å². The van der Waals surface area contributed by atoms with Crippen LogP contribution in [0, 0.1) is 12.8 Å². The van der Waals surface area contributed by atoms with E-state index in [0.717, 1.165) is 24.8 Å². The van der Waals surface area contributed by atoms with Gasteiger partial charge in [-0.05, 0) is 62.3 Å². The Kier molecular flexibility index (Phi) is 6.02. The number of nitrogens with zero attached hydrogens (tertiary/aromatic N) is 1. The molecule has 2 aliphatic rings. The summed E-state index contributed by atoms with van der Waals surface area (Å²) >= 11 is 0. The van der Waals surface area contributed by atoms with Crippen LogP contribution in [0.3, 0.4) is 0 Å². The van der Waals surface area contributed by atoms with Crippen LogP contribution in [-0.2, 0) is 14.8 Å². The van der Waals surface area contributed by atoms with E-state index in [4.69, 9.17) is 9.47 Å². The van der Waals surface area contributed by atoms with Gasteiger partial charge < -0.3 is 9.47 Å². The molecule has 2 unspecified atom stereocenters. The maximum atomic E-state index is 13.2. The Morgan fingerprint density at radius 2 is 1.88 bits per heavy atom. The number of ether oxygens (including phenoxy) is 2. The maximum Gasteiger partial charge on any atom is 0.243 e. The van der Waals surface area contributed by atoms with Gasteiger partial charge in [0.1, 0.15) is 12.4 Å². The van der Waals surface area contributed by atoms with E-state index in [9.17, 15) is 8.42 Å². The van der Waals surface area contributed by atoms with Gasteiger partial charge in [-0.15, -0.1) is 0 Å². The van der Waals surface area contributed by atoms with Crippen molar-refractivity contribution in [1.29, 1.82) is 0 Å². The Morgan fingerprint density at radius 1 is 1.12 bits per heavy atom. The van der Waals surface area contributed by atoms with Gasteiger partial charge in [0.25, 0.3) is 0 Å². The Hall–Kier alpha value is -1.11. The number of sulfonamides is 1. The van der Waals surface area contributed by atoms with Crippen molar-refractivity contribution in [2.24, 2.45) is 5.92 Å². The average Bonchev–Trinajstić information content (AvgIpc) is 2.62. The molecule has 1 aromatic rings. The lowest BCUT2D eigenvalue weighted by atomic mass is 9.79. The molecule has 0 N–H and O–H groups in total. The van der Waals surface area contributed by atoms with Crippen LogP contribution >= 0.6 is 0 Å². The summed E-state index contributed by atoms with van der Waals surface area (Å²) < 4.78 is 38.9. The molecule has 2 atom stereocenters. The zero-order valence-corrected chi connectivity index (χ0v) is 16.1. The summed E-state index contributed by atoms with van der Waals surface area (Å²) in [6.07, 6.45) is 6.68. The topological polar surface area (TPSA) is 55.8 Å². The van der Waals surface area contributed by atoms with E-state index in [1.807, 2.05) is 6.92 Å². The molecule has 1 heterocycles. The Bertz CT molecular complexity index is 687. The third-order valence-corrected chi connectivity index (χ3v) is 7.41. The minimum absolute atomic E-state index is 0.186. The summed E-state index contributed by atoms with van der Waals surface area (Å²) in [6.45, 7) is 3.51. The van der Waals surface area contributed by atoms with Crippen LogP contribution in [0.5, 0.6) is 5.75 Å². The number of methoxy groups -OCH3 is 1. The highest BCUT2D eigenvalue weighted by Gasteiger charge is 2.39. The Balaban J connectivity index is 1.80. The van der Waals surface area contributed by atoms with Gasteiger partial charge in [0.05, 0.1) is 11.5 Å². The standard InChI is InChI=1S/C19H29NO4S/c1-15-14-17(9-10-19(15)24-13-12-23-2)25(21,22)20-11-5-7-16-6-3-4-8-18(16)20/h9-10,14,16,18H,3-8,11-13H2,1-2H3. The monoisotopic (exact) mass is 367 g/mol. The highest BCUT2D eigenvalue weighted by Crippen LogP contribution is 2.38. The van der Waals surface area contributed by atoms with Crippen LogP contribution in [0.2, 0.25) is 0 Å². The normalized spacial score (nSPS) is 24.7. The van der Waals surface area contributed by atoms with Crippen molar-refractivity contribution in [3.63, 3.8) is 0 Å². The predicted octanol–water partition coefficient (Wildman–Crippen LogP) is 3.36. The van der Waals surface area contributed by atoms with E-state index in [0.29, 0.717) is 36.3 Å². The molecular weight excluding hydrogens is 338 g/mol. The van der Waals surface area contributed by atoms with Crippen molar-refractivity contribution < 1.29 is 17.9 Å². The van der Waals surface area contributed by atoms with Gasteiger partial charge in [-0.25, -0.2) is 8.42 Å². The first-order valence-electron chi connectivity index (χ1n) is 9.28. The molecule has 6 heteroatoms. The number of hydrogen-bond acceptors (Lipinski definition) is 4. The largest absolute Gasteiger partial charge is 0.491 e. The molecule has 0 spiro atoms. The van der Waals surface area contributed by atoms with Gasteiger partial charge in [-0.3, -0.25) is 0 Å². The van der Waals surface area contributed by atoms with E-state index in [1.165, 1.54) is 19.3 Å². The van der Waals surface area contributed by atoms with E-state index in [2.05, 4.69) is 0 Å². The van der Waals surface area contributed by atoms with Crippen LogP contribution in [0.1, 0.15) is 44.1 Å². The van der Waals surface area contributed by atoms with Crippen LogP contribution in [0.4, 0.5) is 0 Å². The predicted molar refractivity (Wildman–Crippen MR) is 97.4 cm³/mol. The van der Waals surface area contributed by atoms with E-state index in [-0.39, 0.29) is 6.04 Å². The molecule has 5 nitrogen and oxygen atoms in total. The van der Waals surface area contributed by atoms with Gasteiger partial charge in [-0.1, -0.05) is 12.8 Å². The first kappa shape index (κ1) is 18.7. The van der Waals surface area contributed by atoms with Crippen molar-refractivity contribution >= 4 is 10.0 Å². The Morgan fingerprint density at radius 3 is 2.64 bits per heavy atom. The summed E-state index contributed by atoms with van der Waals surface area (Å²) in [4.78, 5) is 0.385. The second-order valence-electron chi connectivity index (χ2n) is 7.14. The van der Waals surface area contributed by atoms with Gasteiger partial charge in [0.15, 0.2) is 0 Å². The van der Waals surface area contributed by atoms with E-state index >= 15 is 0 Å². The quantitative estimate of drug-likeness (QED) is 0.724. The molecule has 0 radical (unpaired) electrons. The Labute approximate surface area is 151 Å². The lowest BCUT2D eigenvalue weighted by molar-refractivity contribution is 0.129. The lowest BCUT2D eigenvalue weighted by Gasteiger charge is -2.43. The van der Waals surface area contributed by atoms with Crippen molar-refractivity contribution in [2.45, 2.75) is 56.4 Å². The first-order valence-corrected chi connectivity index (χ1v) is 10.7. The second kappa shape index (κ2) is 8.06. The number of fused-ring (bicyclic) bond motifs is 1. The van der Waals surface area contributed by atoms with Crippen LogP contribution in [0.25, 0.3) is 0 Å². The molecule has 0 aromatic heterocycles. The number of rotatable bonds is 6. The SMILES string of the molecule is COCCOc1ccc(S(=O)(=O)N2CCCC3CCCCC32)cc1C. The first-order chi connectivity index (χ1) is 12.0. The van der Waals surface area contributed by atoms with E-state index < -0.39 is 10.0 Å². The van der Waals surface area contributed by atoms with Crippen LogP contribution in [0.15, 0.2) is 23.1 Å². The minimum atomic E-state index is -3.44. The number of piperidine rings is 1. The smallest absolute Gasteiger partial charge is 0.243 e. The molecule has 2 fully saturated rings. The molecule has 3 rings (SSSR count). The highest BCUT2D eigenvalue weighted by atomic mass is 32.2. The molecular formula is C19H29NO4S. The fraction of sp³-hybridized carbons (Fsp3) is 0.684. The zero-order valence-electron chi connectivity index (χ0n) is 15.2. The van der Waals surface area contributed by atoms with Crippen molar-refractivity contribution in [1.82, 2.24) is 4.31 Å². The fourth-order valence-corrected chi connectivity index (χ4v) is 6.03. The summed E-state index contributed by atoms with van der Waals surface area (Å²) in [5.41, 5.74) is 0.842. The van der Waals surface area contributed by atoms with Crippen LogP contribution < -0.4 is 4.74 Å². The molecule has 140 valence electrons. The van der Waals surface area contributed by atoms with Gasteiger partial charge in [0, 0.05) is 19.7 Å². The average molecular weight is 368 g/mol. The molecule has 1 aliphatic carbocycles. The third-order valence-electron chi connectivity index (χ3n) is 5.49. The van der Waals surface area contributed by atoms with Gasteiger partial charge in [0.2, 0.25) is 10.0 Å². The summed E-state index contributed by atoms with van der Waals surface area (Å²) in [5.74, 6) is 1.25. The second-order valence-corrected chi connectivity index (χ2v) is 9.03. The minimum Gasteiger partial charge on any atom is -0.491 e. The maximum absolute atomic E-state index is 13.2. The molecule has 1 aromatic carbocycles. The van der Waals surface area contributed by atoms with Crippen LogP contribution in [-0.4, -0.2) is 45.6 Å². The zero-order chi connectivity index (χ0) is 17.9. The third kappa shape index (κ3) is 4.01. The number of benzene rings is 1. The van der Waals surface area contributed by atoms with Gasteiger partial charge >= 0.3 is 0 Å². The highest BCUT2D eigenvalue weighted by molar-refractivity contribution is 7.89. The molecule has 0 amide bonds. The number of aryl methyl sites for hydroxylation is 1. The molecule has 1 saturated carbocycles. The van der Waals surface area contributed by atoms with Crippen molar-refractivity contribution in [3.8, 4) is 5.75 Å². The number of hydrogen-bond donors (Lipinski definition) is 0. The van der Waals surface area contributed by atoms with Crippen molar-refractivity contribution in [3.05, 3.63) is 23.8 Å². The summed E-state index contributed by atoms with van der Waals surface area (Å²) in [5, 5.41) is 0. The summed E-state index contributed by atoms with van der Waals surface area (Å²) in [6, 6.07) is 5.37. The molecule has 25 heavy (non-hydrogen) atoms. The fourth-order valence-electron chi connectivity index (χ4n) is 4.19. The molecule has 1 aliphatic heterocycles. The molecule has 1 saturated heterocycles. The molecule has 0 bridgehead atoms. The van der Waals surface area contributed by atoms with Crippen molar-refractivity contribution in [2.75, 3.05) is 26.9 Å². The lowest BCUT2D eigenvalue weighted by Crippen LogP contribution is -2.49. The summed E-state index contributed by atoms with van der Waals surface area (Å²) in [7, 11) is -1.82.